The third-order valence-electron chi connectivity index (χ3n) is 4.21. The number of hydrogen-bond donors (Lipinski definition) is 0. The molecular weight excluding hydrogens is 248 g/mol. The van der Waals surface area contributed by atoms with E-state index in [0.29, 0.717) is 25.0 Å². The normalized spacial score (nSPS) is 33.6. The van der Waals surface area contributed by atoms with Gasteiger partial charge in [0.15, 0.2) is 0 Å². The van der Waals surface area contributed by atoms with Crippen LogP contribution in [0.4, 0.5) is 0 Å². The van der Waals surface area contributed by atoms with Crippen LogP contribution in [0.2, 0.25) is 0 Å². The van der Waals surface area contributed by atoms with Crippen molar-refractivity contribution in [3.63, 3.8) is 0 Å². The number of rotatable bonds is 4. The Morgan fingerprint density at radius 3 is 1.74 bits per heavy atom. The summed E-state index contributed by atoms with van der Waals surface area (Å²) in [5, 5.41) is 0. The Labute approximate surface area is 113 Å². The molecule has 1 heterocycles. The molecule has 108 valence electrons. The Kier molecular flexibility index (Phi) is 4.80. The van der Waals surface area contributed by atoms with E-state index in [1.165, 1.54) is 13.8 Å². The molecule has 2 aliphatic rings. The molecule has 2 fully saturated rings. The summed E-state index contributed by atoms with van der Waals surface area (Å²) in [4.78, 5) is 21.9. The van der Waals surface area contributed by atoms with Crippen molar-refractivity contribution in [1.29, 1.82) is 0 Å². The molecule has 2 rings (SSSR count). The fraction of sp³-hybridized carbons (Fsp3) is 0.857. The van der Waals surface area contributed by atoms with E-state index in [2.05, 4.69) is 0 Å². The summed E-state index contributed by atoms with van der Waals surface area (Å²) in [6, 6.07) is 0. The van der Waals surface area contributed by atoms with Crippen LogP contribution in [0.25, 0.3) is 0 Å². The Morgan fingerprint density at radius 2 is 1.37 bits per heavy atom. The van der Waals surface area contributed by atoms with Crippen molar-refractivity contribution >= 4 is 11.9 Å². The van der Waals surface area contributed by atoms with Gasteiger partial charge in [0.2, 0.25) is 0 Å². The smallest absolute Gasteiger partial charge is 0.302 e. The molecule has 1 saturated heterocycles. The molecule has 1 aliphatic carbocycles. The summed E-state index contributed by atoms with van der Waals surface area (Å²) in [5.41, 5.74) is 0. The predicted octanol–water partition coefficient (Wildman–Crippen LogP) is 1.40. The van der Waals surface area contributed by atoms with Crippen LogP contribution >= 0.6 is 0 Å². The fourth-order valence-corrected chi connectivity index (χ4v) is 3.18. The van der Waals surface area contributed by atoms with E-state index in [-0.39, 0.29) is 23.8 Å². The largest absolute Gasteiger partial charge is 0.466 e. The number of carbonyl (C=O) groups excluding carboxylic acids is 2. The minimum atomic E-state index is -0.254. The highest BCUT2D eigenvalue weighted by molar-refractivity contribution is 5.66. The standard InChI is InChI=1S/C14H22O5/c1-9(15)18-7-13-3-11-5-17-6-12(11)4-14(13)8-19-10(2)16/h11-14H,3-8H2,1-2H3/t11-,12-,13-,14+/m0/s1. The van der Waals surface area contributed by atoms with E-state index in [1.807, 2.05) is 0 Å². The molecule has 0 bridgehead atoms. The van der Waals surface area contributed by atoms with Gasteiger partial charge in [0.25, 0.3) is 0 Å². The second-order valence-corrected chi connectivity index (χ2v) is 5.65. The number of ether oxygens (including phenoxy) is 3. The van der Waals surface area contributed by atoms with Crippen molar-refractivity contribution in [3.8, 4) is 0 Å². The summed E-state index contributed by atoms with van der Waals surface area (Å²) in [7, 11) is 0. The van der Waals surface area contributed by atoms with Crippen LogP contribution in [0.1, 0.15) is 26.7 Å². The van der Waals surface area contributed by atoms with Crippen molar-refractivity contribution in [3.05, 3.63) is 0 Å². The third-order valence-corrected chi connectivity index (χ3v) is 4.21. The lowest BCUT2D eigenvalue weighted by atomic mass is 9.70. The van der Waals surface area contributed by atoms with Gasteiger partial charge in [-0.2, -0.15) is 0 Å². The molecule has 0 aromatic carbocycles. The fourth-order valence-electron chi connectivity index (χ4n) is 3.18. The molecule has 1 aliphatic heterocycles. The summed E-state index contributed by atoms with van der Waals surface area (Å²) < 4.78 is 15.8. The first kappa shape index (κ1) is 14.3. The Morgan fingerprint density at radius 1 is 0.947 bits per heavy atom. The molecule has 19 heavy (non-hydrogen) atoms. The van der Waals surface area contributed by atoms with Crippen molar-refractivity contribution in [2.24, 2.45) is 23.7 Å². The predicted molar refractivity (Wildman–Crippen MR) is 67.3 cm³/mol. The molecule has 5 nitrogen and oxygen atoms in total. The molecular formula is C14H22O5. The highest BCUT2D eigenvalue weighted by Crippen LogP contribution is 2.41. The number of esters is 2. The lowest BCUT2D eigenvalue weighted by molar-refractivity contribution is -0.148. The van der Waals surface area contributed by atoms with Gasteiger partial charge in [-0.1, -0.05) is 0 Å². The van der Waals surface area contributed by atoms with Crippen LogP contribution in [0.3, 0.4) is 0 Å². The van der Waals surface area contributed by atoms with Gasteiger partial charge >= 0.3 is 11.9 Å². The minimum absolute atomic E-state index is 0.254. The van der Waals surface area contributed by atoms with E-state index in [0.717, 1.165) is 26.1 Å². The number of hydrogen-bond acceptors (Lipinski definition) is 5. The Balaban J connectivity index is 1.93. The average molecular weight is 270 g/mol. The van der Waals surface area contributed by atoms with Gasteiger partial charge in [-0.05, 0) is 36.5 Å². The van der Waals surface area contributed by atoms with E-state index in [9.17, 15) is 9.59 Å². The minimum Gasteiger partial charge on any atom is -0.466 e. The van der Waals surface area contributed by atoms with E-state index in [4.69, 9.17) is 14.2 Å². The number of fused-ring (bicyclic) bond motifs is 1. The highest BCUT2D eigenvalue weighted by atomic mass is 16.5. The third kappa shape index (κ3) is 3.93. The van der Waals surface area contributed by atoms with Gasteiger partial charge in [0, 0.05) is 27.1 Å². The SMILES string of the molecule is CC(=O)OC[C@@H]1C[C@H]2COC[C@@H]2C[C@@H]1COC(C)=O. The van der Waals surface area contributed by atoms with Crippen LogP contribution in [0.15, 0.2) is 0 Å². The van der Waals surface area contributed by atoms with Gasteiger partial charge in [-0.15, -0.1) is 0 Å². The molecule has 5 heteroatoms. The van der Waals surface area contributed by atoms with Gasteiger partial charge in [-0.25, -0.2) is 0 Å². The zero-order valence-corrected chi connectivity index (χ0v) is 11.6. The Bertz CT molecular complexity index is 309. The van der Waals surface area contributed by atoms with Crippen LogP contribution in [-0.4, -0.2) is 38.4 Å². The molecule has 0 spiro atoms. The van der Waals surface area contributed by atoms with E-state index < -0.39 is 0 Å². The molecule has 0 aromatic rings. The molecule has 4 atom stereocenters. The topological polar surface area (TPSA) is 61.8 Å². The quantitative estimate of drug-likeness (QED) is 0.723. The summed E-state index contributed by atoms with van der Waals surface area (Å²) in [5.74, 6) is 1.16. The van der Waals surface area contributed by atoms with Crippen LogP contribution < -0.4 is 0 Å². The maximum atomic E-state index is 11.0. The van der Waals surface area contributed by atoms with Crippen molar-refractivity contribution < 1.29 is 23.8 Å². The van der Waals surface area contributed by atoms with Crippen LogP contribution in [-0.2, 0) is 23.8 Å². The number of carbonyl (C=O) groups is 2. The lowest BCUT2D eigenvalue weighted by Crippen LogP contribution is -2.36. The average Bonchev–Trinajstić information content (AvgIpc) is 2.79. The molecule has 0 amide bonds. The lowest BCUT2D eigenvalue weighted by Gasteiger charge is -2.36. The highest BCUT2D eigenvalue weighted by Gasteiger charge is 2.40. The molecule has 0 radical (unpaired) electrons. The Hall–Kier alpha value is -1.10. The first-order valence-electron chi connectivity index (χ1n) is 6.90. The first-order valence-corrected chi connectivity index (χ1v) is 6.90. The zero-order valence-electron chi connectivity index (χ0n) is 11.6. The van der Waals surface area contributed by atoms with E-state index in [1.54, 1.807) is 0 Å². The van der Waals surface area contributed by atoms with Gasteiger partial charge in [0.1, 0.15) is 0 Å². The van der Waals surface area contributed by atoms with Crippen LogP contribution in [0, 0.1) is 23.7 Å². The van der Waals surface area contributed by atoms with Gasteiger partial charge < -0.3 is 14.2 Å². The molecule has 0 aromatic heterocycles. The zero-order chi connectivity index (χ0) is 13.8. The summed E-state index contributed by atoms with van der Waals surface area (Å²) in [6.07, 6.45) is 1.98. The second kappa shape index (κ2) is 6.37. The monoisotopic (exact) mass is 270 g/mol. The molecule has 1 saturated carbocycles. The van der Waals surface area contributed by atoms with Crippen molar-refractivity contribution in [1.82, 2.24) is 0 Å². The van der Waals surface area contributed by atoms with Gasteiger partial charge in [0.05, 0.1) is 13.2 Å². The van der Waals surface area contributed by atoms with Crippen molar-refractivity contribution in [2.75, 3.05) is 26.4 Å². The summed E-state index contributed by atoms with van der Waals surface area (Å²) in [6.45, 7) is 5.30. The van der Waals surface area contributed by atoms with Crippen molar-refractivity contribution in [2.45, 2.75) is 26.7 Å². The summed E-state index contributed by atoms with van der Waals surface area (Å²) >= 11 is 0. The van der Waals surface area contributed by atoms with E-state index >= 15 is 0 Å². The second-order valence-electron chi connectivity index (χ2n) is 5.65. The molecule has 0 N–H and O–H groups in total. The maximum absolute atomic E-state index is 11.0. The van der Waals surface area contributed by atoms with Gasteiger partial charge in [-0.3, -0.25) is 9.59 Å². The molecule has 0 unspecified atom stereocenters. The first-order chi connectivity index (χ1) is 9.06. The van der Waals surface area contributed by atoms with Crippen LogP contribution in [0.5, 0.6) is 0 Å². The maximum Gasteiger partial charge on any atom is 0.302 e.